The SMILES string of the molecule is CCCCCCc1ccc(NC=C2C(=O)OC(C)(C)OC2=O)cc1. The molecule has 130 valence electrons. The lowest BCUT2D eigenvalue weighted by molar-refractivity contribution is -0.222. The Morgan fingerprint density at radius 1 is 1.00 bits per heavy atom. The summed E-state index contributed by atoms with van der Waals surface area (Å²) in [7, 11) is 0. The smallest absolute Gasteiger partial charge is 0.350 e. The summed E-state index contributed by atoms with van der Waals surface area (Å²) in [5.74, 6) is -2.59. The van der Waals surface area contributed by atoms with Gasteiger partial charge in [-0.1, -0.05) is 38.3 Å². The first-order valence-corrected chi connectivity index (χ1v) is 8.43. The van der Waals surface area contributed by atoms with Crippen molar-refractivity contribution in [3.8, 4) is 0 Å². The molecule has 1 aliphatic heterocycles. The van der Waals surface area contributed by atoms with Gasteiger partial charge >= 0.3 is 11.9 Å². The molecule has 1 saturated heterocycles. The molecule has 0 amide bonds. The first kappa shape index (κ1) is 18.0. The van der Waals surface area contributed by atoms with Crippen molar-refractivity contribution in [2.24, 2.45) is 0 Å². The Morgan fingerprint density at radius 3 is 2.21 bits per heavy atom. The van der Waals surface area contributed by atoms with Crippen LogP contribution < -0.4 is 5.32 Å². The van der Waals surface area contributed by atoms with E-state index in [0.29, 0.717) is 0 Å². The average molecular weight is 331 g/mol. The van der Waals surface area contributed by atoms with Crippen LogP contribution >= 0.6 is 0 Å². The van der Waals surface area contributed by atoms with Gasteiger partial charge in [0.25, 0.3) is 5.79 Å². The number of cyclic esters (lactones) is 2. The third-order valence-electron chi connectivity index (χ3n) is 3.77. The van der Waals surface area contributed by atoms with Gasteiger partial charge in [-0.05, 0) is 30.5 Å². The van der Waals surface area contributed by atoms with Gasteiger partial charge in [0, 0.05) is 25.7 Å². The highest BCUT2D eigenvalue weighted by atomic mass is 16.7. The summed E-state index contributed by atoms with van der Waals surface area (Å²) < 4.78 is 10.1. The number of benzene rings is 1. The van der Waals surface area contributed by atoms with Gasteiger partial charge in [-0.15, -0.1) is 0 Å². The number of rotatable bonds is 7. The molecule has 0 spiro atoms. The number of aryl methyl sites for hydroxylation is 1. The van der Waals surface area contributed by atoms with Crippen LogP contribution in [0.1, 0.15) is 52.0 Å². The second-order valence-electron chi connectivity index (χ2n) is 6.39. The van der Waals surface area contributed by atoms with Crippen LogP contribution in [0.2, 0.25) is 0 Å². The van der Waals surface area contributed by atoms with Crippen molar-refractivity contribution in [3.05, 3.63) is 41.6 Å². The van der Waals surface area contributed by atoms with Crippen molar-refractivity contribution < 1.29 is 19.1 Å². The molecule has 24 heavy (non-hydrogen) atoms. The number of hydrogen-bond acceptors (Lipinski definition) is 5. The summed E-state index contributed by atoms with van der Waals surface area (Å²) in [6.07, 6.45) is 7.35. The number of esters is 2. The Morgan fingerprint density at radius 2 is 1.62 bits per heavy atom. The van der Waals surface area contributed by atoms with Crippen LogP contribution in [0.3, 0.4) is 0 Å². The molecule has 0 saturated carbocycles. The minimum absolute atomic E-state index is 0.141. The van der Waals surface area contributed by atoms with Crippen molar-refractivity contribution in [1.82, 2.24) is 0 Å². The lowest BCUT2D eigenvalue weighted by Gasteiger charge is -2.29. The van der Waals surface area contributed by atoms with Crippen LogP contribution in [0.15, 0.2) is 36.0 Å². The van der Waals surface area contributed by atoms with E-state index in [-0.39, 0.29) is 5.57 Å². The molecule has 0 aromatic heterocycles. The van der Waals surface area contributed by atoms with E-state index in [1.165, 1.54) is 51.3 Å². The largest absolute Gasteiger partial charge is 0.419 e. The van der Waals surface area contributed by atoms with Gasteiger partial charge < -0.3 is 14.8 Å². The monoisotopic (exact) mass is 331 g/mol. The predicted octanol–water partition coefficient (Wildman–Crippen LogP) is 3.94. The van der Waals surface area contributed by atoms with Crippen LogP contribution in [0.4, 0.5) is 5.69 Å². The van der Waals surface area contributed by atoms with Crippen molar-refractivity contribution >= 4 is 17.6 Å². The highest BCUT2D eigenvalue weighted by molar-refractivity contribution is 6.15. The molecule has 1 fully saturated rings. The topological polar surface area (TPSA) is 64.6 Å². The maximum absolute atomic E-state index is 11.8. The maximum atomic E-state index is 11.8. The Bertz CT molecular complexity index is 595. The molecule has 1 aromatic carbocycles. The molecule has 5 heteroatoms. The van der Waals surface area contributed by atoms with E-state index in [9.17, 15) is 9.59 Å². The van der Waals surface area contributed by atoms with Gasteiger partial charge in [0.05, 0.1) is 0 Å². The number of hydrogen-bond donors (Lipinski definition) is 1. The Balaban J connectivity index is 1.92. The van der Waals surface area contributed by atoms with E-state index in [0.717, 1.165) is 12.1 Å². The van der Waals surface area contributed by atoms with Crippen molar-refractivity contribution in [2.75, 3.05) is 5.32 Å². The molecule has 2 rings (SSSR count). The van der Waals surface area contributed by atoms with E-state index >= 15 is 0 Å². The number of unbranched alkanes of at least 4 members (excludes halogenated alkanes) is 3. The highest BCUT2D eigenvalue weighted by Gasteiger charge is 2.38. The maximum Gasteiger partial charge on any atom is 0.350 e. The Kier molecular flexibility index (Phi) is 6.01. The summed E-state index contributed by atoms with van der Waals surface area (Å²) in [4.78, 5) is 23.7. The van der Waals surface area contributed by atoms with Gasteiger partial charge in [0.2, 0.25) is 0 Å². The van der Waals surface area contributed by atoms with E-state index in [1.807, 2.05) is 24.3 Å². The molecule has 0 atom stereocenters. The van der Waals surface area contributed by atoms with Gasteiger partial charge in [0.15, 0.2) is 5.57 Å². The van der Waals surface area contributed by atoms with Crippen LogP contribution in [0, 0.1) is 0 Å². The van der Waals surface area contributed by atoms with Gasteiger partial charge in [0.1, 0.15) is 0 Å². The van der Waals surface area contributed by atoms with Crippen molar-refractivity contribution in [1.29, 1.82) is 0 Å². The zero-order chi connectivity index (χ0) is 17.6. The van der Waals surface area contributed by atoms with Crippen LogP contribution in [-0.2, 0) is 25.5 Å². The molecule has 1 aliphatic rings. The summed E-state index contributed by atoms with van der Waals surface area (Å²) in [5.41, 5.74) is 1.94. The summed E-state index contributed by atoms with van der Waals surface area (Å²) in [6.45, 7) is 5.24. The first-order chi connectivity index (χ1) is 11.4. The van der Waals surface area contributed by atoms with E-state index < -0.39 is 17.7 Å². The van der Waals surface area contributed by atoms with Crippen LogP contribution in [0.5, 0.6) is 0 Å². The fourth-order valence-electron chi connectivity index (χ4n) is 2.46. The molecule has 1 N–H and O–H groups in total. The quantitative estimate of drug-likeness (QED) is 0.355. The standard InChI is InChI=1S/C19H25NO4/c1-4-5-6-7-8-14-9-11-15(12-10-14)20-13-16-17(21)23-19(2,3)24-18(16)22/h9-13,20H,4-8H2,1-3H3. The molecule has 1 aromatic rings. The second-order valence-corrected chi connectivity index (χ2v) is 6.39. The van der Waals surface area contributed by atoms with E-state index in [4.69, 9.17) is 9.47 Å². The van der Waals surface area contributed by atoms with E-state index in [2.05, 4.69) is 12.2 Å². The van der Waals surface area contributed by atoms with E-state index in [1.54, 1.807) is 0 Å². The van der Waals surface area contributed by atoms with Crippen molar-refractivity contribution in [3.63, 3.8) is 0 Å². The van der Waals surface area contributed by atoms with Gasteiger partial charge in [-0.3, -0.25) is 0 Å². The van der Waals surface area contributed by atoms with Gasteiger partial charge in [-0.25, -0.2) is 9.59 Å². The molecular formula is C19H25NO4. The zero-order valence-electron chi connectivity index (χ0n) is 14.6. The third kappa shape index (κ3) is 5.11. The molecule has 0 bridgehead atoms. The van der Waals surface area contributed by atoms with Gasteiger partial charge in [-0.2, -0.15) is 0 Å². The fraction of sp³-hybridized carbons (Fsp3) is 0.474. The molecule has 1 heterocycles. The minimum Gasteiger partial charge on any atom is -0.419 e. The van der Waals surface area contributed by atoms with Crippen LogP contribution in [-0.4, -0.2) is 17.7 Å². The Hall–Kier alpha value is -2.30. The number of ether oxygens (including phenoxy) is 2. The lowest BCUT2D eigenvalue weighted by atomic mass is 10.1. The highest BCUT2D eigenvalue weighted by Crippen LogP contribution is 2.22. The fourth-order valence-corrected chi connectivity index (χ4v) is 2.46. The average Bonchev–Trinajstić information content (AvgIpc) is 2.51. The summed E-state index contributed by atoms with van der Waals surface area (Å²) in [5, 5.41) is 2.94. The summed E-state index contributed by atoms with van der Waals surface area (Å²) in [6, 6.07) is 7.95. The molecule has 0 aliphatic carbocycles. The molecule has 5 nitrogen and oxygen atoms in total. The second kappa shape index (κ2) is 7.99. The normalized spacial score (nSPS) is 16.4. The van der Waals surface area contributed by atoms with Crippen LogP contribution in [0.25, 0.3) is 0 Å². The lowest BCUT2D eigenvalue weighted by Crippen LogP contribution is -2.42. The summed E-state index contributed by atoms with van der Waals surface area (Å²) >= 11 is 0. The predicted molar refractivity (Wildman–Crippen MR) is 92.3 cm³/mol. The number of carbonyl (C=O) groups is 2. The minimum atomic E-state index is -1.22. The number of nitrogens with one attached hydrogen (secondary N) is 1. The Labute approximate surface area is 143 Å². The zero-order valence-corrected chi connectivity index (χ0v) is 14.6. The molecular weight excluding hydrogens is 306 g/mol. The first-order valence-electron chi connectivity index (χ1n) is 8.43. The van der Waals surface area contributed by atoms with Crippen molar-refractivity contribution in [2.45, 2.75) is 58.7 Å². The molecule has 0 unspecified atom stereocenters. The third-order valence-corrected chi connectivity index (χ3v) is 3.77. The number of anilines is 1. The molecule has 0 radical (unpaired) electrons. The number of carbonyl (C=O) groups excluding carboxylic acids is 2.